The molecule has 2 aromatic rings. The highest BCUT2D eigenvalue weighted by Gasteiger charge is 2.15. The third kappa shape index (κ3) is 6.52. The van der Waals surface area contributed by atoms with Crippen LogP contribution in [0.1, 0.15) is 50.8 Å². The smallest absolute Gasteiger partial charge is 0.254 e. The number of aryl methyl sites for hydroxylation is 1. The van der Waals surface area contributed by atoms with Crippen molar-refractivity contribution < 1.29 is 9.59 Å². The van der Waals surface area contributed by atoms with E-state index in [1.807, 2.05) is 42.5 Å². The maximum absolute atomic E-state index is 12.4. The Morgan fingerprint density at radius 2 is 1.59 bits per heavy atom. The first-order valence-electron chi connectivity index (χ1n) is 9.42. The standard InChI is InChI=1S/C24H29NO2/c1-18(26)22(17-20-12-14-21(15-13-20)24(2,3)4)23(27)25-16-8-11-19-9-6-5-7-10-19/h5-7,9-10,12-15,17H,8,11,16H2,1-4H3,(H,25,27)/b22-17-. The highest BCUT2D eigenvalue weighted by molar-refractivity contribution is 6.21. The molecule has 0 saturated carbocycles. The van der Waals surface area contributed by atoms with E-state index in [0.717, 1.165) is 18.4 Å². The van der Waals surface area contributed by atoms with E-state index in [4.69, 9.17) is 0 Å². The van der Waals surface area contributed by atoms with Crippen LogP contribution in [0.2, 0.25) is 0 Å². The van der Waals surface area contributed by atoms with E-state index in [2.05, 4.69) is 38.2 Å². The summed E-state index contributed by atoms with van der Waals surface area (Å²) >= 11 is 0. The van der Waals surface area contributed by atoms with Crippen molar-refractivity contribution in [1.82, 2.24) is 5.32 Å². The van der Waals surface area contributed by atoms with Crippen molar-refractivity contribution in [2.75, 3.05) is 6.54 Å². The molecule has 0 saturated heterocycles. The molecule has 0 atom stereocenters. The molecule has 0 fully saturated rings. The zero-order valence-corrected chi connectivity index (χ0v) is 16.7. The molecular formula is C24H29NO2. The van der Waals surface area contributed by atoms with Crippen LogP contribution < -0.4 is 5.32 Å². The van der Waals surface area contributed by atoms with Crippen LogP contribution in [-0.2, 0) is 21.4 Å². The van der Waals surface area contributed by atoms with Crippen molar-refractivity contribution in [2.45, 2.75) is 46.0 Å². The Labute approximate surface area is 162 Å². The van der Waals surface area contributed by atoms with Crippen molar-refractivity contribution in [2.24, 2.45) is 0 Å². The van der Waals surface area contributed by atoms with Gasteiger partial charge in [-0.3, -0.25) is 9.59 Å². The van der Waals surface area contributed by atoms with Crippen LogP contribution in [-0.4, -0.2) is 18.2 Å². The van der Waals surface area contributed by atoms with E-state index >= 15 is 0 Å². The van der Waals surface area contributed by atoms with Crippen LogP contribution in [0.15, 0.2) is 60.2 Å². The van der Waals surface area contributed by atoms with Crippen molar-refractivity contribution in [3.05, 3.63) is 76.9 Å². The lowest BCUT2D eigenvalue weighted by atomic mass is 9.86. The number of Topliss-reactive ketones (excluding diaryl/α,β-unsaturated/α-hetero) is 1. The monoisotopic (exact) mass is 363 g/mol. The zero-order valence-electron chi connectivity index (χ0n) is 16.7. The first kappa shape index (κ1) is 20.6. The van der Waals surface area contributed by atoms with E-state index in [9.17, 15) is 9.59 Å². The summed E-state index contributed by atoms with van der Waals surface area (Å²) in [6.07, 6.45) is 3.40. The number of carbonyl (C=O) groups is 2. The molecule has 0 bridgehead atoms. The van der Waals surface area contributed by atoms with Crippen molar-refractivity contribution in [3.8, 4) is 0 Å². The van der Waals surface area contributed by atoms with Crippen molar-refractivity contribution in [1.29, 1.82) is 0 Å². The summed E-state index contributed by atoms with van der Waals surface area (Å²) in [6.45, 7) is 8.44. The largest absolute Gasteiger partial charge is 0.352 e. The lowest BCUT2D eigenvalue weighted by molar-refractivity contribution is -0.121. The minimum Gasteiger partial charge on any atom is -0.352 e. The molecule has 27 heavy (non-hydrogen) atoms. The van der Waals surface area contributed by atoms with Crippen LogP contribution in [0.4, 0.5) is 0 Å². The van der Waals surface area contributed by atoms with Crippen LogP contribution in [0.3, 0.4) is 0 Å². The van der Waals surface area contributed by atoms with Gasteiger partial charge in [0.15, 0.2) is 5.78 Å². The summed E-state index contributed by atoms with van der Waals surface area (Å²) in [4.78, 5) is 24.4. The van der Waals surface area contributed by atoms with Crippen molar-refractivity contribution in [3.63, 3.8) is 0 Å². The molecule has 1 amide bonds. The van der Waals surface area contributed by atoms with Gasteiger partial charge in [-0.05, 0) is 47.9 Å². The van der Waals surface area contributed by atoms with Gasteiger partial charge in [0.2, 0.25) is 0 Å². The van der Waals surface area contributed by atoms with E-state index in [-0.39, 0.29) is 22.7 Å². The van der Waals surface area contributed by atoms with Gasteiger partial charge in [0.05, 0.1) is 5.57 Å². The highest BCUT2D eigenvalue weighted by Crippen LogP contribution is 2.22. The fraction of sp³-hybridized carbons (Fsp3) is 0.333. The molecule has 0 aliphatic carbocycles. The fourth-order valence-corrected chi connectivity index (χ4v) is 2.81. The van der Waals surface area contributed by atoms with E-state index < -0.39 is 0 Å². The first-order valence-corrected chi connectivity index (χ1v) is 9.42. The number of amides is 1. The normalized spacial score (nSPS) is 11.9. The minimum atomic E-state index is -0.310. The number of hydrogen-bond donors (Lipinski definition) is 1. The zero-order chi connectivity index (χ0) is 19.9. The Morgan fingerprint density at radius 3 is 2.15 bits per heavy atom. The molecule has 142 valence electrons. The molecule has 0 radical (unpaired) electrons. The molecule has 3 heteroatoms. The Balaban J connectivity index is 1.97. The van der Waals surface area contributed by atoms with Gasteiger partial charge in [-0.2, -0.15) is 0 Å². The second-order valence-electron chi connectivity index (χ2n) is 7.83. The molecule has 1 N–H and O–H groups in total. The number of nitrogens with one attached hydrogen (secondary N) is 1. The van der Waals surface area contributed by atoms with E-state index in [1.165, 1.54) is 18.1 Å². The van der Waals surface area contributed by atoms with Gasteiger partial charge in [-0.1, -0.05) is 75.4 Å². The van der Waals surface area contributed by atoms with E-state index in [1.54, 1.807) is 6.08 Å². The average Bonchev–Trinajstić information content (AvgIpc) is 2.63. The summed E-state index contributed by atoms with van der Waals surface area (Å²) < 4.78 is 0. The van der Waals surface area contributed by atoms with Crippen molar-refractivity contribution >= 4 is 17.8 Å². The summed E-state index contributed by atoms with van der Waals surface area (Å²) in [5.74, 6) is -0.536. The molecule has 0 aromatic heterocycles. The Hall–Kier alpha value is -2.68. The summed E-state index contributed by atoms with van der Waals surface area (Å²) in [7, 11) is 0. The topological polar surface area (TPSA) is 46.2 Å². The Bertz CT molecular complexity index is 797. The van der Waals surface area contributed by atoms with Gasteiger partial charge in [0.1, 0.15) is 0 Å². The van der Waals surface area contributed by atoms with Gasteiger partial charge < -0.3 is 5.32 Å². The number of hydrogen-bond acceptors (Lipinski definition) is 2. The van der Waals surface area contributed by atoms with E-state index in [0.29, 0.717) is 6.54 Å². The average molecular weight is 364 g/mol. The number of ketones is 1. The molecule has 2 rings (SSSR count). The number of rotatable bonds is 7. The highest BCUT2D eigenvalue weighted by atomic mass is 16.2. The second-order valence-corrected chi connectivity index (χ2v) is 7.83. The summed E-state index contributed by atoms with van der Waals surface area (Å²) in [5.41, 5.74) is 3.58. The van der Waals surface area contributed by atoms with Gasteiger partial charge >= 0.3 is 0 Å². The van der Waals surface area contributed by atoms with Gasteiger partial charge in [0.25, 0.3) is 5.91 Å². The maximum atomic E-state index is 12.4. The van der Waals surface area contributed by atoms with Gasteiger partial charge in [0, 0.05) is 6.54 Å². The molecule has 0 spiro atoms. The van der Waals surface area contributed by atoms with Crippen LogP contribution in [0, 0.1) is 0 Å². The van der Waals surface area contributed by atoms with Crippen LogP contribution in [0.25, 0.3) is 6.08 Å². The lowest BCUT2D eigenvalue weighted by Gasteiger charge is -2.18. The summed E-state index contributed by atoms with van der Waals surface area (Å²) in [6, 6.07) is 18.1. The third-order valence-corrected chi connectivity index (χ3v) is 4.48. The van der Waals surface area contributed by atoms with Gasteiger partial charge in [-0.25, -0.2) is 0 Å². The molecular weight excluding hydrogens is 334 g/mol. The molecule has 0 heterocycles. The second kappa shape index (κ2) is 9.31. The van der Waals surface area contributed by atoms with Gasteiger partial charge in [-0.15, -0.1) is 0 Å². The Morgan fingerprint density at radius 1 is 0.963 bits per heavy atom. The molecule has 0 aliphatic heterocycles. The molecule has 3 nitrogen and oxygen atoms in total. The molecule has 2 aromatic carbocycles. The number of carbonyl (C=O) groups excluding carboxylic acids is 2. The fourth-order valence-electron chi connectivity index (χ4n) is 2.81. The quantitative estimate of drug-likeness (QED) is 0.335. The first-order chi connectivity index (χ1) is 12.8. The predicted molar refractivity (Wildman–Crippen MR) is 112 cm³/mol. The van der Waals surface area contributed by atoms with Crippen LogP contribution in [0.5, 0.6) is 0 Å². The van der Waals surface area contributed by atoms with Crippen LogP contribution >= 0.6 is 0 Å². The Kier molecular flexibility index (Phi) is 7.12. The predicted octanol–water partition coefficient (Wildman–Crippen LogP) is 4.71. The molecule has 0 unspecified atom stereocenters. The number of benzene rings is 2. The minimum absolute atomic E-state index is 0.0712. The lowest BCUT2D eigenvalue weighted by Crippen LogP contribution is -2.28. The summed E-state index contributed by atoms with van der Waals surface area (Å²) in [5, 5.41) is 2.86. The molecule has 0 aliphatic rings. The maximum Gasteiger partial charge on any atom is 0.254 e. The SMILES string of the molecule is CC(=O)/C(=C/c1ccc(C(C)(C)C)cc1)C(=O)NCCCc1ccccc1. The third-order valence-electron chi connectivity index (χ3n) is 4.48.